The molecular formula is C17H17ClFN3O3S. The van der Waals surface area contributed by atoms with Gasteiger partial charge in [0.25, 0.3) is 5.91 Å². The molecule has 26 heavy (non-hydrogen) atoms. The molecule has 3 rings (SSSR count). The second-order valence-corrected chi connectivity index (χ2v) is 8.79. The molecule has 0 spiro atoms. The van der Waals surface area contributed by atoms with Crippen LogP contribution in [0.5, 0.6) is 0 Å². The van der Waals surface area contributed by atoms with Crippen LogP contribution in [-0.2, 0) is 9.84 Å². The Bertz CT molecular complexity index is 952. The molecule has 1 aliphatic heterocycles. The highest BCUT2D eigenvalue weighted by atomic mass is 35.5. The zero-order valence-electron chi connectivity index (χ0n) is 13.9. The molecule has 0 aliphatic carbocycles. The number of carbonyl (C=O) groups is 1. The van der Waals surface area contributed by atoms with Crippen LogP contribution in [0.2, 0.25) is 5.02 Å². The van der Waals surface area contributed by atoms with Crippen LogP contribution in [-0.4, -0.2) is 43.9 Å². The first kappa shape index (κ1) is 18.6. The van der Waals surface area contributed by atoms with Crippen molar-refractivity contribution in [2.75, 3.05) is 28.8 Å². The molecule has 1 unspecified atom stereocenters. The second-order valence-electron chi connectivity index (χ2n) is 6.15. The van der Waals surface area contributed by atoms with Crippen LogP contribution >= 0.6 is 11.6 Å². The van der Waals surface area contributed by atoms with Gasteiger partial charge in [-0.25, -0.2) is 12.8 Å². The van der Waals surface area contributed by atoms with Crippen molar-refractivity contribution in [3.63, 3.8) is 0 Å². The lowest BCUT2D eigenvalue weighted by molar-refractivity contribution is 0.102. The zero-order valence-corrected chi connectivity index (χ0v) is 15.5. The molecule has 1 aromatic heterocycles. The van der Waals surface area contributed by atoms with Gasteiger partial charge in [0.15, 0.2) is 9.84 Å². The first-order chi connectivity index (χ1) is 12.2. The molecule has 1 fully saturated rings. The lowest BCUT2D eigenvalue weighted by atomic mass is 10.2. The molecule has 6 nitrogen and oxygen atoms in total. The number of benzene rings is 1. The Hall–Kier alpha value is -2.19. The predicted molar refractivity (Wildman–Crippen MR) is 99.1 cm³/mol. The van der Waals surface area contributed by atoms with Gasteiger partial charge in [-0.2, -0.15) is 0 Å². The molecule has 1 atom stereocenters. The lowest BCUT2D eigenvalue weighted by Crippen LogP contribution is -2.32. The van der Waals surface area contributed by atoms with Crippen molar-refractivity contribution in [1.82, 2.24) is 4.98 Å². The highest BCUT2D eigenvalue weighted by molar-refractivity contribution is 7.91. The summed E-state index contributed by atoms with van der Waals surface area (Å²) < 4.78 is 36.5. The van der Waals surface area contributed by atoms with Crippen LogP contribution in [0.25, 0.3) is 0 Å². The van der Waals surface area contributed by atoms with Gasteiger partial charge in [-0.15, -0.1) is 0 Å². The second kappa shape index (κ2) is 7.20. The number of sulfone groups is 1. The summed E-state index contributed by atoms with van der Waals surface area (Å²) in [5.41, 5.74) is 1.21. The molecule has 1 saturated heterocycles. The normalized spacial score (nSPS) is 18.5. The smallest absolute Gasteiger partial charge is 0.274 e. The highest BCUT2D eigenvalue weighted by Gasteiger charge is 2.31. The fraction of sp³-hybridized carbons (Fsp3) is 0.294. The van der Waals surface area contributed by atoms with Gasteiger partial charge in [-0.1, -0.05) is 11.6 Å². The van der Waals surface area contributed by atoms with Crippen molar-refractivity contribution < 1.29 is 17.6 Å². The van der Waals surface area contributed by atoms with E-state index in [4.69, 9.17) is 11.6 Å². The third kappa shape index (κ3) is 4.13. The fourth-order valence-corrected chi connectivity index (χ4v) is 4.78. The predicted octanol–water partition coefficient (Wildman–Crippen LogP) is 2.75. The summed E-state index contributed by atoms with van der Waals surface area (Å²) in [6.07, 6.45) is 2.04. The van der Waals surface area contributed by atoms with Gasteiger partial charge in [0.05, 0.1) is 16.5 Å². The molecule has 9 heteroatoms. The number of halogens is 2. The van der Waals surface area contributed by atoms with E-state index in [-0.39, 0.29) is 28.3 Å². The van der Waals surface area contributed by atoms with E-state index >= 15 is 0 Å². The van der Waals surface area contributed by atoms with E-state index in [0.717, 1.165) is 6.07 Å². The van der Waals surface area contributed by atoms with Crippen LogP contribution in [0, 0.1) is 5.82 Å². The van der Waals surface area contributed by atoms with Gasteiger partial charge in [0.2, 0.25) is 0 Å². The maximum atomic E-state index is 13.2. The van der Waals surface area contributed by atoms with Gasteiger partial charge < -0.3 is 10.2 Å². The molecule has 138 valence electrons. The molecule has 2 heterocycles. The number of aromatic nitrogens is 1. The number of pyridine rings is 1. The zero-order chi connectivity index (χ0) is 18.9. The SMILES string of the molecule is CN(c1ccnc(C(=O)Nc2ccc(F)c(Cl)c2)c1)C1CCS(=O)(=O)C1. The van der Waals surface area contributed by atoms with Crippen LogP contribution in [0.1, 0.15) is 16.9 Å². The Kier molecular flexibility index (Phi) is 5.15. The van der Waals surface area contributed by atoms with E-state index in [0.29, 0.717) is 17.8 Å². The largest absolute Gasteiger partial charge is 0.370 e. The maximum absolute atomic E-state index is 13.2. The third-order valence-electron chi connectivity index (χ3n) is 4.32. The highest BCUT2D eigenvalue weighted by Crippen LogP contribution is 2.24. The Morgan fingerprint density at radius 1 is 1.35 bits per heavy atom. The van der Waals surface area contributed by atoms with E-state index in [1.165, 1.54) is 18.3 Å². The minimum Gasteiger partial charge on any atom is -0.370 e. The first-order valence-electron chi connectivity index (χ1n) is 7.91. The first-order valence-corrected chi connectivity index (χ1v) is 10.1. The number of hydrogen-bond donors (Lipinski definition) is 1. The topological polar surface area (TPSA) is 79.4 Å². The number of amides is 1. The molecule has 2 aromatic rings. The fourth-order valence-electron chi connectivity index (χ4n) is 2.82. The van der Waals surface area contributed by atoms with Crippen molar-refractivity contribution in [3.8, 4) is 0 Å². The summed E-state index contributed by atoms with van der Waals surface area (Å²) in [4.78, 5) is 18.3. The van der Waals surface area contributed by atoms with Gasteiger partial charge in [0.1, 0.15) is 11.5 Å². The molecule has 1 N–H and O–H groups in total. The molecular weight excluding hydrogens is 381 g/mol. The van der Waals surface area contributed by atoms with E-state index in [1.54, 1.807) is 19.2 Å². The number of nitrogens with one attached hydrogen (secondary N) is 1. The van der Waals surface area contributed by atoms with E-state index in [1.807, 2.05) is 4.90 Å². The summed E-state index contributed by atoms with van der Waals surface area (Å²) in [5.74, 6) is -0.771. The molecule has 1 amide bonds. The van der Waals surface area contributed by atoms with Crippen LogP contribution in [0.3, 0.4) is 0 Å². The van der Waals surface area contributed by atoms with Gasteiger partial charge in [-0.05, 0) is 36.8 Å². The number of nitrogens with zero attached hydrogens (tertiary/aromatic N) is 2. The van der Waals surface area contributed by atoms with Gasteiger partial charge in [-0.3, -0.25) is 9.78 Å². The van der Waals surface area contributed by atoms with Crippen LogP contribution < -0.4 is 10.2 Å². The van der Waals surface area contributed by atoms with Gasteiger partial charge in [0, 0.05) is 30.7 Å². The molecule has 1 aromatic carbocycles. The summed E-state index contributed by atoms with van der Waals surface area (Å²) in [6, 6.07) is 7.05. The van der Waals surface area contributed by atoms with Crippen LogP contribution in [0.15, 0.2) is 36.5 Å². The quantitative estimate of drug-likeness (QED) is 0.858. The monoisotopic (exact) mass is 397 g/mol. The lowest BCUT2D eigenvalue weighted by Gasteiger charge is -2.25. The average molecular weight is 398 g/mol. The number of carbonyl (C=O) groups excluding carboxylic acids is 1. The van der Waals surface area contributed by atoms with Crippen molar-refractivity contribution in [3.05, 3.63) is 53.1 Å². The van der Waals surface area contributed by atoms with Crippen molar-refractivity contribution in [1.29, 1.82) is 0 Å². The Morgan fingerprint density at radius 3 is 2.77 bits per heavy atom. The Balaban J connectivity index is 1.76. The average Bonchev–Trinajstić information content (AvgIpc) is 2.97. The molecule has 1 aliphatic rings. The van der Waals surface area contributed by atoms with E-state index < -0.39 is 21.6 Å². The number of hydrogen-bond acceptors (Lipinski definition) is 5. The standard InChI is InChI=1S/C17H17ClFN3O3S/c1-22(13-5-7-26(24,25)10-13)12-4-6-20-16(9-12)17(23)21-11-2-3-15(19)14(18)8-11/h2-4,6,8-9,13H,5,7,10H2,1H3,(H,21,23). The Morgan fingerprint density at radius 2 is 2.12 bits per heavy atom. The van der Waals surface area contributed by atoms with Crippen LogP contribution in [0.4, 0.5) is 15.8 Å². The summed E-state index contributed by atoms with van der Waals surface area (Å²) >= 11 is 5.71. The Labute approximate surface area is 155 Å². The number of rotatable bonds is 4. The minimum absolute atomic E-state index is 0.0910. The van der Waals surface area contributed by atoms with Crippen molar-refractivity contribution in [2.45, 2.75) is 12.5 Å². The van der Waals surface area contributed by atoms with Crippen molar-refractivity contribution in [2.24, 2.45) is 0 Å². The van der Waals surface area contributed by atoms with E-state index in [9.17, 15) is 17.6 Å². The number of anilines is 2. The third-order valence-corrected chi connectivity index (χ3v) is 6.36. The molecule has 0 saturated carbocycles. The summed E-state index contributed by atoms with van der Waals surface area (Å²) in [6.45, 7) is 0. The summed E-state index contributed by atoms with van der Waals surface area (Å²) in [5, 5.41) is 2.52. The molecule has 0 bridgehead atoms. The van der Waals surface area contributed by atoms with Gasteiger partial charge >= 0.3 is 0 Å². The summed E-state index contributed by atoms with van der Waals surface area (Å²) in [7, 11) is -1.21. The minimum atomic E-state index is -3.00. The molecule has 0 radical (unpaired) electrons. The van der Waals surface area contributed by atoms with Crippen molar-refractivity contribution >= 4 is 38.7 Å². The van der Waals surface area contributed by atoms with E-state index in [2.05, 4.69) is 10.3 Å². The maximum Gasteiger partial charge on any atom is 0.274 e.